The van der Waals surface area contributed by atoms with Crippen LogP contribution in [0.1, 0.15) is 98.3 Å². The van der Waals surface area contributed by atoms with Crippen molar-refractivity contribution in [3.63, 3.8) is 0 Å². The molecule has 0 aromatic heterocycles. The predicted molar refractivity (Wildman–Crippen MR) is 190 cm³/mol. The van der Waals surface area contributed by atoms with E-state index >= 15 is 0 Å². The minimum absolute atomic E-state index is 0.0144. The van der Waals surface area contributed by atoms with Crippen molar-refractivity contribution in [1.82, 2.24) is 0 Å². The molecule has 6 heteroatoms. The molecule has 0 nitrogen and oxygen atoms in total. The van der Waals surface area contributed by atoms with Crippen LogP contribution in [0.3, 0.4) is 0 Å². The lowest BCUT2D eigenvalue weighted by Crippen LogP contribution is -2.10. The van der Waals surface area contributed by atoms with Gasteiger partial charge in [-0.3, -0.25) is 0 Å². The molecule has 0 saturated heterocycles. The maximum absolute atomic E-state index is 14.8. The van der Waals surface area contributed by atoms with E-state index in [2.05, 4.69) is 0 Å². The zero-order chi connectivity index (χ0) is 34.9. The van der Waals surface area contributed by atoms with Crippen LogP contribution in [-0.2, 0) is 12.4 Å². The van der Waals surface area contributed by atoms with E-state index in [9.17, 15) is 26.3 Å². The summed E-state index contributed by atoms with van der Waals surface area (Å²) >= 11 is 0. The van der Waals surface area contributed by atoms with Crippen LogP contribution in [0.5, 0.6) is 0 Å². The average Bonchev–Trinajstić information content (AvgIpc) is 3.14. The van der Waals surface area contributed by atoms with Gasteiger partial charge in [-0.05, 0) is 117 Å². The highest BCUT2D eigenvalue weighted by molar-refractivity contribution is 5.97. The van der Waals surface area contributed by atoms with Crippen LogP contribution in [0.15, 0.2) is 109 Å². The molecule has 2 aliphatic rings. The Morgan fingerprint density at radius 1 is 0.340 bits per heavy atom. The maximum atomic E-state index is 14.8. The van der Waals surface area contributed by atoms with Crippen molar-refractivity contribution in [3.8, 4) is 44.5 Å². The molecule has 0 radical (unpaired) electrons. The number of rotatable bonds is 6. The number of hydrogen-bond acceptors (Lipinski definition) is 0. The molecule has 0 unspecified atom stereocenters. The highest BCUT2D eigenvalue weighted by Crippen LogP contribution is 2.51. The lowest BCUT2D eigenvalue weighted by atomic mass is 9.76. The molecule has 50 heavy (non-hydrogen) atoms. The minimum Gasteiger partial charge on any atom is -0.166 e. The van der Waals surface area contributed by atoms with Gasteiger partial charge >= 0.3 is 12.4 Å². The summed E-state index contributed by atoms with van der Waals surface area (Å²) in [6.07, 6.45) is 1.07. The molecule has 2 fully saturated rings. The molecule has 258 valence electrons. The molecule has 5 aromatic rings. The van der Waals surface area contributed by atoms with E-state index in [0.717, 1.165) is 98.6 Å². The van der Waals surface area contributed by atoms with Gasteiger partial charge in [0.2, 0.25) is 0 Å². The Kier molecular flexibility index (Phi) is 9.65. The van der Waals surface area contributed by atoms with Crippen molar-refractivity contribution in [3.05, 3.63) is 131 Å². The average molecular weight is 683 g/mol. The topological polar surface area (TPSA) is 0 Å². The molecule has 0 N–H and O–H groups in total. The van der Waals surface area contributed by atoms with Gasteiger partial charge in [0.1, 0.15) is 0 Å². The van der Waals surface area contributed by atoms with Crippen molar-refractivity contribution in [2.45, 2.75) is 88.4 Å². The summed E-state index contributed by atoms with van der Waals surface area (Å²) in [6, 6.07) is 30.2. The summed E-state index contributed by atoms with van der Waals surface area (Å²) in [7, 11) is 0. The molecule has 2 saturated carbocycles. The Labute approximate surface area is 290 Å². The molecule has 2 aliphatic carbocycles. The SMILES string of the molecule is FC(F)(F)c1ccccc1-c1cc(-c2ccccc2C2CCCCC2)c(-c2ccccc2C(F)(F)F)cc1-c1ccccc1C1CCCCC1. The Bertz CT molecular complexity index is 1810. The summed E-state index contributed by atoms with van der Waals surface area (Å²) in [5, 5.41) is 0. The van der Waals surface area contributed by atoms with Gasteiger partial charge in [0, 0.05) is 0 Å². The van der Waals surface area contributed by atoms with Crippen LogP contribution in [0, 0.1) is 0 Å². The minimum atomic E-state index is -4.64. The second kappa shape index (κ2) is 14.1. The molecular weight excluding hydrogens is 642 g/mol. The molecule has 0 spiro atoms. The van der Waals surface area contributed by atoms with Crippen LogP contribution in [0.25, 0.3) is 44.5 Å². The van der Waals surface area contributed by atoms with Gasteiger partial charge in [0.25, 0.3) is 0 Å². The zero-order valence-corrected chi connectivity index (χ0v) is 27.9. The van der Waals surface area contributed by atoms with E-state index in [1.165, 1.54) is 24.3 Å². The fraction of sp³-hybridized carbons (Fsp3) is 0.318. The second-order valence-corrected chi connectivity index (χ2v) is 13.9. The molecule has 7 rings (SSSR count). The molecule has 0 amide bonds. The van der Waals surface area contributed by atoms with E-state index in [4.69, 9.17) is 0 Å². The van der Waals surface area contributed by atoms with Gasteiger partial charge in [-0.25, -0.2) is 0 Å². The Balaban J connectivity index is 1.60. The van der Waals surface area contributed by atoms with E-state index in [1.807, 2.05) is 48.5 Å². The van der Waals surface area contributed by atoms with E-state index < -0.39 is 23.5 Å². The Hall–Kier alpha value is -4.32. The lowest BCUT2D eigenvalue weighted by Gasteiger charge is -2.28. The quantitative estimate of drug-likeness (QED) is 0.156. The normalized spacial score (nSPS) is 16.4. The highest BCUT2D eigenvalue weighted by atomic mass is 19.4. The van der Waals surface area contributed by atoms with Crippen molar-refractivity contribution in [2.75, 3.05) is 0 Å². The van der Waals surface area contributed by atoms with Crippen LogP contribution in [0.2, 0.25) is 0 Å². The Morgan fingerprint density at radius 2 is 0.640 bits per heavy atom. The maximum Gasteiger partial charge on any atom is 0.417 e. The van der Waals surface area contributed by atoms with E-state index in [-0.39, 0.29) is 23.0 Å². The smallest absolute Gasteiger partial charge is 0.166 e. The first kappa shape index (κ1) is 34.1. The van der Waals surface area contributed by atoms with Crippen LogP contribution >= 0.6 is 0 Å². The fourth-order valence-corrected chi connectivity index (χ4v) is 8.45. The summed E-state index contributed by atoms with van der Waals surface area (Å²) in [6.45, 7) is 0. The Morgan fingerprint density at radius 3 is 1.00 bits per heavy atom. The van der Waals surface area contributed by atoms with Gasteiger partial charge in [-0.2, -0.15) is 26.3 Å². The van der Waals surface area contributed by atoms with Crippen molar-refractivity contribution in [1.29, 1.82) is 0 Å². The third-order valence-electron chi connectivity index (χ3n) is 10.8. The number of alkyl halides is 6. The standard InChI is InChI=1S/C44H40F6/c45-43(46,47)41-25-13-11-23-35(41)39-28-38(34-22-10-8-20-32(34)30-17-5-2-6-18-30)40(36-24-12-14-26-42(36)44(48,49)50)27-37(39)33-21-9-7-19-31(33)29-15-3-1-4-16-29/h7-14,19-30H,1-6,15-18H2. The van der Waals surface area contributed by atoms with Gasteiger partial charge < -0.3 is 0 Å². The van der Waals surface area contributed by atoms with Crippen molar-refractivity contribution >= 4 is 0 Å². The lowest BCUT2D eigenvalue weighted by molar-refractivity contribution is -0.137. The van der Waals surface area contributed by atoms with Crippen molar-refractivity contribution in [2.24, 2.45) is 0 Å². The predicted octanol–water partition coefficient (Wildman–Crippen LogP) is 14.5. The monoisotopic (exact) mass is 682 g/mol. The third-order valence-corrected chi connectivity index (χ3v) is 10.8. The molecular formula is C44H40F6. The van der Waals surface area contributed by atoms with Gasteiger partial charge in [0.05, 0.1) is 11.1 Å². The summed E-state index contributed by atoms with van der Waals surface area (Å²) in [5.41, 5.74) is 3.83. The summed E-state index contributed by atoms with van der Waals surface area (Å²) < 4.78 is 88.6. The molecule has 0 aliphatic heterocycles. The number of hydrogen-bond donors (Lipinski definition) is 0. The summed E-state index contributed by atoms with van der Waals surface area (Å²) in [4.78, 5) is 0. The number of benzene rings is 5. The van der Waals surface area contributed by atoms with Crippen LogP contribution < -0.4 is 0 Å². The van der Waals surface area contributed by atoms with Gasteiger partial charge in [-0.15, -0.1) is 0 Å². The van der Waals surface area contributed by atoms with Crippen molar-refractivity contribution < 1.29 is 26.3 Å². The highest BCUT2D eigenvalue weighted by Gasteiger charge is 2.37. The van der Waals surface area contributed by atoms with Gasteiger partial charge in [-0.1, -0.05) is 123 Å². The van der Waals surface area contributed by atoms with E-state index in [1.54, 1.807) is 24.3 Å². The molecule has 0 bridgehead atoms. The fourth-order valence-electron chi connectivity index (χ4n) is 8.45. The molecule has 0 heterocycles. The number of halogens is 6. The molecule has 5 aromatic carbocycles. The second-order valence-electron chi connectivity index (χ2n) is 13.9. The summed E-state index contributed by atoms with van der Waals surface area (Å²) in [5.74, 6) is 0.423. The first-order chi connectivity index (χ1) is 24.1. The molecule has 0 atom stereocenters. The largest absolute Gasteiger partial charge is 0.417 e. The van der Waals surface area contributed by atoms with Gasteiger partial charge in [0.15, 0.2) is 0 Å². The first-order valence-electron chi connectivity index (χ1n) is 17.8. The third kappa shape index (κ3) is 6.86. The van der Waals surface area contributed by atoms with E-state index in [0.29, 0.717) is 22.3 Å². The van der Waals surface area contributed by atoms with Crippen LogP contribution in [-0.4, -0.2) is 0 Å². The zero-order valence-electron chi connectivity index (χ0n) is 27.9. The van der Waals surface area contributed by atoms with Crippen LogP contribution in [0.4, 0.5) is 26.3 Å². The first-order valence-corrected chi connectivity index (χ1v) is 17.8.